The Morgan fingerprint density at radius 1 is 1.07 bits per heavy atom. The van der Waals surface area contributed by atoms with Gasteiger partial charge in [-0.3, -0.25) is 14.6 Å². The van der Waals surface area contributed by atoms with Crippen molar-refractivity contribution in [3.05, 3.63) is 47.3 Å². The molecule has 3 rings (SSSR count). The average Bonchev–Trinajstić information content (AvgIpc) is 3.08. The lowest BCUT2D eigenvalue weighted by atomic mass is 10.2. The summed E-state index contributed by atoms with van der Waals surface area (Å²) in [6, 6.07) is 10.3. The SMILES string of the molecule is Cc1cc(CN2CCN(CC(=O)N(C)Cc3ccc(N(C)C)cc3)CC2)on1. The van der Waals surface area contributed by atoms with Gasteiger partial charge in [-0.1, -0.05) is 17.3 Å². The quantitative estimate of drug-likeness (QED) is 0.725. The van der Waals surface area contributed by atoms with E-state index in [0.29, 0.717) is 13.1 Å². The number of piperazine rings is 1. The summed E-state index contributed by atoms with van der Waals surface area (Å²) in [6.07, 6.45) is 0. The molecule has 2 aromatic rings. The Labute approximate surface area is 167 Å². The molecule has 7 heteroatoms. The predicted molar refractivity (Wildman–Crippen MR) is 110 cm³/mol. The molecule has 28 heavy (non-hydrogen) atoms. The summed E-state index contributed by atoms with van der Waals surface area (Å²) >= 11 is 0. The van der Waals surface area contributed by atoms with Crippen LogP contribution in [0.25, 0.3) is 0 Å². The third kappa shape index (κ3) is 5.56. The number of likely N-dealkylation sites (N-methyl/N-ethyl adjacent to an activating group) is 1. The van der Waals surface area contributed by atoms with Gasteiger partial charge in [0, 0.05) is 65.6 Å². The van der Waals surface area contributed by atoms with Crippen LogP contribution >= 0.6 is 0 Å². The number of anilines is 1. The fourth-order valence-corrected chi connectivity index (χ4v) is 3.39. The fraction of sp³-hybridized carbons (Fsp3) is 0.524. The standard InChI is InChI=1S/C21H31N5O2/c1-17-13-20(28-22-17)15-25-9-11-26(12-10-25)16-21(27)24(4)14-18-5-7-19(8-6-18)23(2)3/h5-8,13H,9-12,14-16H2,1-4H3. The molecule has 0 bridgehead atoms. The Morgan fingerprint density at radius 3 is 2.29 bits per heavy atom. The van der Waals surface area contributed by atoms with E-state index in [1.165, 1.54) is 0 Å². The van der Waals surface area contributed by atoms with Gasteiger partial charge >= 0.3 is 0 Å². The second-order valence-corrected chi connectivity index (χ2v) is 7.80. The van der Waals surface area contributed by atoms with Crippen molar-refractivity contribution >= 4 is 11.6 Å². The Hall–Kier alpha value is -2.38. The summed E-state index contributed by atoms with van der Waals surface area (Å²) in [5, 5.41) is 3.94. The lowest BCUT2D eigenvalue weighted by molar-refractivity contribution is -0.132. The first-order valence-corrected chi connectivity index (χ1v) is 9.78. The Morgan fingerprint density at radius 2 is 1.71 bits per heavy atom. The third-order valence-corrected chi connectivity index (χ3v) is 5.18. The van der Waals surface area contributed by atoms with Gasteiger partial charge < -0.3 is 14.3 Å². The number of rotatable bonds is 7. The van der Waals surface area contributed by atoms with Gasteiger partial charge in [-0.05, 0) is 24.6 Å². The van der Waals surface area contributed by atoms with Gasteiger partial charge in [0.15, 0.2) is 5.76 Å². The van der Waals surface area contributed by atoms with Crippen LogP contribution in [0, 0.1) is 6.92 Å². The molecule has 1 aromatic carbocycles. The maximum Gasteiger partial charge on any atom is 0.236 e. The first kappa shape index (κ1) is 20.4. The van der Waals surface area contributed by atoms with Crippen molar-refractivity contribution in [2.75, 3.05) is 58.8 Å². The van der Waals surface area contributed by atoms with Gasteiger partial charge in [-0.25, -0.2) is 0 Å². The van der Waals surface area contributed by atoms with Crippen molar-refractivity contribution in [1.29, 1.82) is 0 Å². The maximum absolute atomic E-state index is 12.6. The van der Waals surface area contributed by atoms with Crippen LogP contribution in [0.15, 0.2) is 34.9 Å². The molecule has 152 valence electrons. The first-order valence-electron chi connectivity index (χ1n) is 9.78. The fourth-order valence-electron chi connectivity index (χ4n) is 3.39. The highest BCUT2D eigenvalue weighted by molar-refractivity contribution is 5.78. The molecule has 0 radical (unpaired) electrons. The molecule has 1 aromatic heterocycles. The summed E-state index contributed by atoms with van der Waals surface area (Å²) in [5.41, 5.74) is 3.23. The number of hydrogen-bond donors (Lipinski definition) is 0. The molecule has 2 heterocycles. The van der Waals surface area contributed by atoms with Crippen LogP contribution in [0.1, 0.15) is 17.0 Å². The van der Waals surface area contributed by atoms with E-state index >= 15 is 0 Å². The predicted octanol–water partition coefficient (Wildman–Crippen LogP) is 1.83. The zero-order valence-electron chi connectivity index (χ0n) is 17.4. The summed E-state index contributed by atoms with van der Waals surface area (Å²) in [4.78, 5) is 21.1. The summed E-state index contributed by atoms with van der Waals surface area (Å²) in [5.74, 6) is 1.07. The maximum atomic E-state index is 12.6. The molecule has 0 spiro atoms. The van der Waals surface area contributed by atoms with Crippen molar-refractivity contribution in [2.45, 2.75) is 20.0 Å². The number of benzene rings is 1. The van der Waals surface area contributed by atoms with Gasteiger partial charge in [0.2, 0.25) is 5.91 Å². The molecule has 0 aliphatic carbocycles. The first-order chi connectivity index (χ1) is 13.4. The van der Waals surface area contributed by atoms with Crippen LogP contribution in [-0.4, -0.2) is 79.6 Å². The van der Waals surface area contributed by atoms with E-state index < -0.39 is 0 Å². The van der Waals surface area contributed by atoms with E-state index in [4.69, 9.17) is 4.52 Å². The minimum Gasteiger partial charge on any atom is -0.378 e. The number of aryl methyl sites for hydroxylation is 1. The number of carbonyl (C=O) groups is 1. The van der Waals surface area contributed by atoms with E-state index in [9.17, 15) is 4.79 Å². The van der Waals surface area contributed by atoms with Gasteiger partial charge in [0.05, 0.1) is 18.8 Å². The van der Waals surface area contributed by atoms with E-state index in [1.54, 1.807) is 0 Å². The number of aromatic nitrogens is 1. The minimum absolute atomic E-state index is 0.163. The number of carbonyl (C=O) groups excluding carboxylic acids is 1. The second kappa shape index (κ2) is 9.21. The second-order valence-electron chi connectivity index (χ2n) is 7.80. The van der Waals surface area contributed by atoms with Crippen molar-refractivity contribution in [3.63, 3.8) is 0 Å². The van der Waals surface area contributed by atoms with Crippen LogP contribution in [0.3, 0.4) is 0 Å². The molecular formula is C21H31N5O2. The summed E-state index contributed by atoms with van der Waals surface area (Å²) < 4.78 is 5.30. The van der Waals surface area contributed by atoms with Crippen molar-refractivity contribution < 1.29 is 9.32 Å². The number of hydrogen-bond acceptors (Lipinski definition) is 6. The molecule has 1 saturated heterocycles. The number of nitrogens with zero attached hydrogens (tertiary/aromatic N) is 5. The molecular weight excluding hydrogens is 354 g/mol. The molecule has 7 nitrogen and oxygen atoms in total. The molecule has 1 fully saturated rings. The van der Waals surface area contributed by atoms with E-state index in [1.807, 2.05) is 39.0 Å². The lowest BCUT2D eigenvalue weighted by Crippen LogP contribution is -2.49. The summed E-state index contributed by atoms with van der Waals surface area (Å²) in [6.45, 7) is 7.48. The molecule has 0 atom stereocenters. The van der Waals surface area contributed by atoms with Crippen LogP contribution in [0.4, 0.5) is 5.69 Å². The zero-order chi connectivity index (χ0) is 20.1. The highest BCUT2D eigenvalue weighted by Gasteiger charge is 2.21. The highest BCUT2D eigenvalue weighted by Crippen LogP contribution is 2.14. The lowest BCUT2D eigenvalue weighted by Gasteiger charge is -2.34. The van der Waals surface area contributed by atoms with Gasteiger partial charge in [0.1, 0.15) is 0 Å². The van der Waals surface area contributed by atoms with Crippen LogP contribution < -0.4 is 4.90 Å². The number of amides is 1. The molecule has 1 aliphatic heterocycles. The van der Waals surface area contributed by atoms with Crippen molar-refractivity contribution in [1.82, 2.24) is 19.9 Å². The van der Waals surface area contributed by atoms with Crippen molar-refractivity contribution in [3.8, 4) is 0 Å². The molecule has 1 aliphatic rings. The monoisotopic (exact) mass is 385 g/mol. The molecule has 0 unspecified atom stereocenters. The molecule has 1 amide bonds. The Bertz CT molecular complexity index is 763. The summed E-state index contributed by atoms with van der Waals surface area (Å²) in [7, 11) is 5.93. The van der Waals surface area contributed by atoms with Crippen LogP contribution in [0.2, 0.25) is 0 Å². The van der Waals surface area contributed by atoms with Gasteiger partial charge in [-0.15, -0.1) is 0 Å². The highest BCUT2D eigenvalue weighted by atomic mass is 16.5. The average molecular weight is 386 g/mol. The van der Waals surface area contributed by atoms with Gasteiger partial charge in [-0.2, -0.15) is 0 Å². The van der Waals surface area contributed by atoms with Gasteiger partial charge in [0.25, 0.3) is 0 Å². The molecule has 0 N–H and O–H groups in total. The zero-order valence-corrected chi connectivity index (χ0v) is 17.4. The topological polar surface area (TPSA) is 56.1 Å². The smallest absolute Gasteiger partial charge is 0.236 e. The third-order valence-electron chi connectivity index (χ3n) is 5.18. The van der Waals surface area contributed by atoms with Crippen LogP contribution in [-0.2, 0) is 17.9 Å². The Balaban J connectivity index is 1.42. The van der Waals surface area contributed by atoms with E-state index in [0.717, 1.165) is 55.4 Å². The van der Waals surface area contributed by atoms with Crippen molar-refractivity contribution in [2.24, 2.45) is 0 Å². The van der Waals surface area contributed by atoms with E-state index in [2.05, 4.69) is 44.1 Å². The largest absolute Gasteiger partial charge is 0.378 e. The minimum atomic E-state index is 0.163. The van der Waals surface area contributed by atoms with E-state index in [-0.39, 0.29) is 5.91 Å². The van der Waals surface area contributed by atoms with Crippen LogP contribution in [0.5, 0.6) is 0 Å². The normalized spacial score (nSPS) is 15.6. The molecule has 0 saturated carbocycles. The Kier molecular flexibility index (Phi) is 6.70.